The highest BCUT2D eigenvalue weighted by Crippen LogP contribution is 2.28. The average molecular weight is 219 g/mol. The van der Waals surface area contributed by atoms with Crippen molar-refractivity contribution in [3.63, 3.8) is 0 Å². The molecule has 1 saturated carbocycles. The van der Waals surface area contributed by atoms with Crippen LogP contribution in [-0.4, -0.2) is 19.8 Å². The van der Waals surface area contributed by atoms with Crippen molar-refractivity contribution in [2.75, 3.05) is 13.7 Å². The topological polar surface area (TPSA) is 35.2 Å². The Morgan fingerprint density at radius 3 is 2.07 bits per heavy atom. The first-order valence-electron chi connectivity index (χ1n) is 6.57. The van der Waals surface area contributed by atoms with E-state index in [1.807, 2.05) is 27.7 Å². The smallest absolute Gasteiger partial charge is 0.0613 e. The minimum absolute atomic E-state index is 0. The Hall–Kier alpha value is -0.0800. The van der Waals surface area contributed by atoms with Gasteiger partial charge in [-0.1, -0.05) is 53.4 Å². The molecule has 1 rings (SSSR count). The molecule has 1 aliphatic carbocycles. The molecule has 0 aliphatic heterocycles. The van der Waals surface area contributed by atoms with Crippen LogP contribution in [0.25, 0.3) is 0 Å². The molecule has 1 atom stereocenters. The van der Waals surface area contributed by atoms with Crippen LogP contribution in [0.3, 0.4) is 0 Å². The van der Waals surface area contributed by atoms with Gasteiger partial charge in [0.2, 0.25) is 0 Å². The van der Waals surface area contributed by atoms with E-state index in [1.54, 1.807) is 7.11 Å². The van der Waals surface area contributed by atoms with Crippen molar-refractivity contribution in [3.8, 4) is 0 Å². The summed E-state index contributed by atoms with van der Waals surface area (Å²) in [6, 6.07) is 0.267. The number of ether oxygens (including phenoxy) is 1. The lowest BCUT2D eigenvalue weighted by Crippen LogP contribution is -2.27. The largest absolute Gasteiger partial charge is 0.383 e. The lowest BCUT2D eigenvalue weighted by atomic mass is 9.99. The molecule has 0 bridgehead atoms. The van der Waals surface area contributed by atoms with Gasteiger partial charge in [0.05, 0.1) is 6.61 Å². The van der Waals surface area contributed by atoms with E-state index in [0.717, 1.165) is 18.9 Å². The Morgan fingerprint density at radius 2 is 1.67 bits per heavy atom. The molecule has 0 radical (unpaired) electrons. The first kappa shape index (κ1) is 17.3. The molecular formula is C13H33NO. The molecule has 0 saturated heterocycles. The van der Waals surface area contributed by atoms with E-state index in [1.165, 1.54) is 25.7 Å². The van der Waals surface area contributed by atoms with Gasteiger partial charge in [0.15, 0.2) is 0 Å². The molecule has 0 spiro atoms. The highest BCUT2D eigenvalue weighted by Gasteiger charge is 2.17. The molecule has 2 heteroatoms. The third kappa shape index (κ3) is 10.2. The van der Waals surface area contributed by atoms with E-state index in [9.17, 15) is 0 Å². The van der Waals surface area contributed by atoms with Crippen LogP contribution in [0.1, 0.15) is 61.2 Å². The zero-order valence-corrected chi connectivity index (χ0v) is 11.4. The second-order valence-electron chi connectivity index (χ2n) is 3.60. The SMILES string of the molecule is CC.CC.COC[C@@H](N)CC1CCCC1.[HH]. The summed E-state index contributed by atoms with van der Waals surface area (Å²) in [4.78, 5) is 0. The number of methoxy groups -OCH3 is 1. The molecule has 0 aromatic rings. The average Bonchev–Trinajstić information content (AvgIpc) is 2.77. The summed E-state index contributed by atoms with van der Waals surface area (Å²) in [5, 5.41) is 0. The maximum atomic E-state index is 5.84. The predicted molar refractivity (Wildman–Crippen MR) is 71.2 cm³/mol. The second kappa shape index (κ2) is 13.9. The van der Waals surface area contributed by atoms with Crippen LogP contribution in [-0.2, 0) is 4.74 Å². The van der Waals surface area contributed by atoms with E-state index in [-0.39, 0.29) is 7.47 Å². The number of hydrogen-bond acceptors (Lipinski definition) is 2. The zero-order chi connectivity index (χ0) is 12.1. The fraction of sp³-hybridized carbons (Fsp3) is 1.00. The monoisotopic (exact) mass is 219 g/mol. The fourth-order valence-corrected chi connectivity index (χ4v) is 1.96. The van der Waals surface area contributed by atoms with E-state index >= 15 is 0 Å². The summed E-state index contributed by atoms with van der Waals surface area (Å²) >= 11 is 0. The van der Waals surface area contributed by atoms with Crippen molar-refractivity contribution in [3.05, 3.63) is 0 Å². The van der Waals surface area contributed by atoms with Gasteiger partial charge in [-0.2, -0.15) is 0 Å². The summed E-state index contributed by atoms with van der Waals surface area (Å²) in [7, 11) is 1.72. The van der Waals surface area contributed by atoms with Crippen LogP contribution >= 0.6 is 0 Å². The molecule has 15 heavy (non-hydrogen) atoms. The van der Waals surface area contributed by atoms with Crippen molar-refractivity contribution in [1.82, 2.24) is 0 Å². The van der Waals surface area contributed by atoms with Gasteiger partial charge in [0.25, 0.3) is 0 Å². The Morgan fingerprint density at radius 1 is 1.20 bits per heavy atom. The first-order chi connectivity index (χ1) is 7.33. The van der Waals surface area contributed by atoms with E-state index in [4.69, 9.17) is 10.5 Å². The van der Waals surface area contributed by atoms with Gasteiger partial charge < -0.3 is 10.5 Å². The van der Waals surface area contributed by atoms with Crippen LogP contribution in [0.2, 0.25) is 0 Å². The molecule has 0 amide bonds. The quantitative estimate of drug-likeness (QED) is 0.779. The second-order valence-corrected chi connectivity index (χ2v) is 3.60. The summed E-state index contributed by atoms with van der Waals surface area (Å²) < 4.78 is 4.99. The third-order valence-corrected chi connectivity index (χ3v) is 2.49. The lowest BCUT2D eigenvalue weighted by Gasteiger charge is -2.14. The molecular weight excluding hydrogens is 186 g/mol. The Labute approximate surface area is 98.1 Å². The lowest BCUT2D eigenvalue weighted by molar-refractivity contribution is 0.169. The van der Waals surface area contributed by atoms with Crippen LogP contribution < -0.4 is 5.73 Å². The van der Waals surface area contributed by atoms with Crippen LogP contribution in [0.15, 0.2) is 0 Å². The molecule has 0 aromatic carbocycles. The molecule has 0 aromatic heterocycles. The molecule has 2 N–H and O–H groups in total. The molecule has 2 nitrogen and oxygen atoms in total. The van der Waals surface area contributed by atoms with Crippen LogP contribution in [0.5, 0.6) is 0 Å². The van der Waals surface area contributed by atoms with Gasteiger partial charge >= 0.3 is 0 Å². The van der Waals surface area contributed by atoms with Gasteiger partial charge in [0.1, 0.15) is 0 Å². The molecule has 0 unspecified atom stereocenters. The van der Waals surface area contributed by atoms with Crippen molar-refractivity contribution < 1.29 is 6.16 Å². The predicted octanol–water partition coefficient (Wildman–Crippen LogP) is 3.84. The summed E-state index contributed by atoms with van der Waals surface area (Å²) in [5.74, 6) is 0.889. The van der Waals surface area contributed by atoms with Gasteiger partial charge in [-0.3, -0.25) is 0 Å². The Bertz CT molecular complexity index is 106. The first-order valence-corrected chi connectivity index (χ1v) is 6.57. The maximum absolute atomic E-state index is 5.84. The van der Waals surface area contributed by atoms with Crippen LogP contribution in [0.4, 0.5) is 0 Å². The van der Waals surface area contributed by atoms with Crippen molar-refractivity contribution in [1.29, 1.82) is 0 Å². The molecule has 1 aliphatic rings. The highest BCUT2D eigenvalue weighted by molar-refractivity contribution is 4.72. The normalized spacial score (nSPS) is 17.2. The summed E-state index contributed by atoms with van der Waals surface area (Å²) in [6.07, 6.45) is 6.75. The number of hydrogen-bond donors (Lipinski definition) is 1. The fourth-order valence-electron chi connectivity index (χ4n) is 1.96. The highest BCUT2D eigenvalue weighted by atomic mass is 16.5. The third-order valence-electron chi connectivity index (χ3n) is 2.49. The van der Waals surface area contributed by atoms with Gasteiger partial charge in [-0.05, 0) is 12.3 Å². The van der Waals surface area contributed by atoms with E-state index < -0.39 is 0 Å². The van der Waals surface area contributed by atoms with Crippen molar-refractivity contribution in [2.24, 2.45) is 11.7 Å². The maximum Gasteiger partial charge on any atom is 0.0613 e. The standard InChI is InChI=1S/C9H19NO.2C2H6.H2/c1-11-7-9(10)6-8-4-2-3-5-8;2*1-2;/h8-9H,2-7,10H2,1H3;2*1-2H3;1H/t9-;;;/m0.../s1. The number of nitrogens with two attached hydrogens (primary N) is 1. The zero-order valence-electron chi connectivity index (χ0n) is 11.4. The van der Waals surface area contributed by atoms with Gasteiger partial charge in [0, 0.05) is 14.6 Å². The summed E-state index contributed by atoms with van der Waals surface area (Å²) in [5.41, 5.74) is 5.84. The van der Waals surface area contributed by atoms with E-state index in [2.05, 4.69) is 0 Å². The Balaban J connectivity index is -0.000000305. The number of rotatable bonds is 4. The van der Waals surface area contributed by atoms with E-state index in [0.29, 0.717) is 0 Å². The minimum atomic E-state index is 0. The van der Waals surface area contributed by atoms with Gasteiger partial charge in [-0.15, -0.1) is 0 Å². The van der Waals surface area contributed by atoms with Crippen molar-refractivity contribution in [2.45, 2.75) is 65.8 Å². The van der Waals surface area contributed by atoms with Crippen molar-refractivity contribution >= 4 is 0 Å². The van der Waals surface area contributed by atoms with Crippen LogP contribution in [0, 0.1) is 5.92 Å². The van der Waals surface area contributed by atoms with Gasteiger partial charge in [-0.25, -0.2) is 0 Å². The molecule has 0 heterocycles. The minimum Gasteiger partial charge on any atom is -0.383 e. The Kier molecular flexibility index (Phi) is 16.1. The molecule has 96 valence electrons. The molecule has 1 fully saturated rings. The summed E-state index contributed by atoms with van der Waals surface area (Å²) in [6.45, 7) is 8.72.